The smallest absolute Gasteiger partial charge is 0.166 e. The highest BCUT2D eigenvalue weighted by molar-refractivity contribution is 5.97. The van der Waals surface area contributed by atoms with Crippen LogP contribution in [0.5, 0.6) is 0 Å². The summed E-state index contributed by atoms with van der Waals surface area (Å²) in [7, 11) is 0. The first-order chi connectivity index (χ1) is 5.66. The minimum Gasteiger partial charge on any atom is -0.294 e. The maximum atomic E-state index is 11.5. The van der Waals surface area contributed by atoms with E-state index in [-0.39, 0.29) is 5.78 Å². The molecule has 1 aromatic heterocycles. The van der Waals surface area contributed by atoms with E-state index in [1.54, 1.807) is 0 Å². The predicted molar refractivity (Wildman–Crippen MR) is 47.3 cm³/mol. The summed E-state index contributed by atoms with van der Waals surface area (Å²) >= 11 is 0. The Morgan fingerprint density at radius 3 is 2.58 bits per heavy atom. The van der Waals surface area contributed by atoms with E-state index >= 15 is 0 Å². The van der Waals surface area contributed by atoms with Crippen LogP contribution in [0.15, 0.2) is 0 Å². The number of Topliss-reactive ketones (excluding diaryl/α,β-unsaturated/α-hetero) is 1. The van der Waals surface area contributed by atoms with Crippen molar-refractivity contribution in [1.82, 2.24) is 10.2 Å². The Morgan fingerprint density at radius 2 is 2.17 bits per heavy atom. The third-order valence-electron chi connectivity index (χ3n) is 1.88. The van der Waals surface area contributed by atoms with Gasteiger partial charge >= 0.3 is 0 Å². The highest BCUT2D eigenvalue weighted by Gasteiger charge is 2.13. The number of aromatic nitrogens is 2. The Labute approximate surface area is 72.2 Å². The summed E-state index contributed by atoms with van der Waals surface area (Å²) in [6, 6.07) is 0. The zero-order valence-electron chi connectivity index (χ0n) is 7.77. The standard InChI is InChI=1S/C9H14N2O/c1-4-5-8(12)9-6(2)10-11-7(9)3/h4-5H2,1-3H3,(H,10,11). The molecular formula is C9H14N2O. The van der Waals surface area contributed by atoms with Gasteiger partial charge in [-0.15, -0.1) is 0 Å². The number of hydrogen-bond donors (Lipinski definition) is 1. The van der Waals surface area contributed by atoms with Crippen molar-refractivity contribution < 1.29 is 4.79 Å². The van der Waals surface area contributed by atoms with Gasteiger partial charge in [-0.3, -0.25) is 9.89 Å². The molecule has 0 aliphatic carbocycles. The van der Waals surface area contributed by atoms with Crippen LogP contribution in [0.1, 0.15) is 41.5 Å². The molecule has 0 aliphatic rings. The molecule has 12 heavy (non-hydrogen) atoms. The largest absolute Gasteiger partial charge is 0.294 e. The SMILES string of the molecule is CCCC(=O)c1c(C)n[nH]c1C. The molecule has 0 aromatic carbocycles. The first-order valence-electron chi connectivity index (χ1n) is 4.21. The number of rotatable bonds is 3. The lowest BCUT2D eigenvalue weighted by Crippen LogP contribution is -2.00. The molecule has 0 fully saturated rings. The van der Waals surface area contributed by atoms with Crippen LogP contribution < -0.4 is 0 Å². The molecule has 1 aromatic rings. The molecule has 0 saturated heterocycles. The average molecular weight is 166 g/mol. The lowest BCUT2D eigenvalue weighted by Gasteiger charge is -1.97. The van der Waals surface area contributed by atoms with E-state index in [1.165, 1.54) is 0 Å². The maximum absolute atomic E-state index is 11.5. The summed E-state index contributed by atoms with van der Waals surface area (Å²) in [5.74, 6) is 0.196. The number of ketones is 1. The Kier molecular flexibility index (Phi) is 2.63. The molecule has 0 saturated carbocycles. The van der Waals surface area contributed by atoms with Gasteiger partial charge in [-0.25, -0.2) is 0 Å². The summed E-state index contributed by atoms with van der Waals surface area (Å²) in [5.41, 5.74) is 2.47. The number of carbonyl (C=O) groups excluding carboxylic acids is 1. The maximum Gasteiger partial charge on any atom is 0.166 e. The molecule has 1 N–H and O–H groups in total. The van der Waals surface area contributed by atoms with E-state index in [0.717, 1.165) is 23.4 Å². The second-order valence-electron chi connectivity index (χ2n) is 2.98. The van der Waals surface area contributed by atoms with Gasteiger partial charge < -0.3 is 0 Å². The number of carbonyl (C=O) groups is 1. The average Bonchev–Trinajstić information content (AvgIpc) is 2.32. The van der Waals surface area contributed by atoms with Crippen molar-refractivity contribution in [2.24, 2.45) is 0 Å². The molecule has 66 valence electrons. The number of H-pyrrole nitrogens is 1. The molecule has 0 amide bonds. The Morgan fingerprint density at radius 1 is 1.50 bits per heavy atom. The first-order valence-corrected chi connectivity index (χ1v) is 4.21. The number of hydrogen-bond acceptors (Lipinski definition) is 2. The van der Waals surface area contributed by atoms with E-state index < -0.39 is 0 Å². The Balaban J connectivity index is 2.93. The Bertz CT molecular complexity index is 269. The van der Waals surface area contributed by atoms with Crippen molar-refractivity contribution in [3.63, 3.8) is 0 Å². The summed E-state index contributed by atoms with van der Waals surface area (Å²) in [6.07, 6.45) is 1.50. The molecule has 3 nitrogen and oxygen atoms in total. The van der Waals surface area contributed by atoms with E-state index in [0.29, 0.717) is 6.42 Å². The van der Waals surface area contributed by atoms with Gasteiger partial charge in [-0.05, 0) is 20.3 Å². The molecule has 0 spiro atoms. The van der Waals surface area contributed by atoms with E-state index in [2.05, 4.69) is 10.2 Å². The van der Waals surface area contributed by atoms with Gasteiger partial charge in [0, 0.05) is 12.1 Å². The van der Waals surface area contributed by atoms with Gasteiger partial charge in [0.1, 0.15) is 0 Å². The summed E-state index contributed by atoms with van der Waals surface area (Å²) < 4.78 is 0. The zero-order valence-corrected chi connectivity index (χ0v) is 7.77. The van der Waals surface area contributed by atoms with Crippen molar-refractivity contribution in [2.75, 3.05) is 0 Å². The number of nitrogens with zero attached hydrogens (tertiary/aromatic N) is 1. The van der Waals surface area contributed by atoms with Gasteiger partial charge in [0.05, 0.1) is 11.3 Å². The molecule has 3 heteroatoms. The van der Waals surface area contributed by atoms with Crippen LogP contribution in [0.4, 0.5) is 0 Å². The molecule has 1 rings (SSSR count). The fourth-order valence-corrected chi connectivity index (χ4v) is 1.31. The van der Waals surface area contributed by atoms with Crippen LogP contribution in [0.2, 0.25) is 0 Å². The Hall–Kier alpha value is -1.12. The quantitative estimate of drug-likeness (QED) is 0.698. The highest BCUT2D eigenvalue weighted by atomic mass is 16.1. The van der Waals surface area contributed by atoms with Crippen LogP contribution in [-0.4, -0.2) is 16.0 Å². The minimum absolute atomic E-state index is 0.196. The third kappa shape index (κ3) is 1.55. The second kappa shape index (κ2) is 3.52. The van der Waals surface area contributed by atoms with Crippen LogP contribution >= 0.6 is 0 Å². The highest BCUT2D eigenvalue weighted by Crippen LogP contribution is 2.12. The van der Waals surface area contributed by atoms with E-state index in [4.69, 9.17) is 0 Å². The van der Waals surface area contributed by atoms with Crippen molar-refractivity contribution >= 4 is 5.78 Å². The first kappa shape index (κ1) is 8.97. The van der Waals surface area contributed by atoms with E-state index in [9.17, 15) is 4.79 Å². The zero-order chi connectivity index (χ0) is 9.14. The van der Waals surface area contributed by atoms with Crippen molar-refractivity contribution in [1.29, 1.82) is 0 Å². The molecule has 0 atom stereocenters. The van der Waals surface area contributed by atoms with Gasteiger partial charge in [0.2, 0.25) is 0 Å². The van der Waals surface area contributed by atoms with Crippen molar-refractivity contribution in [3.05, 3.63) is 17.0 Å². The van der Waals surface area contributed by atoms with Crippen LogP contribution in [0.3, 0.4) is 0 Å². The fraction of sp³-hybridized carbons (Fsp3) is 0.556. The van der Waals surface area contributed by atoms with Gasteiger partial charge in [-0.1, -0.05) is 6.92 Å². The van der Waals surface area contributed by atoms with Crippen LogP contribution in [-0.2, 0) is 0 Å². The molecule has 0 unspecified atom stereocenters. The lowest BCUT2D eigenvalue weighted by atomic mass is 10.1. The third-order valence-corrected chi connectivity index (χ3v) is 1.88. The van der Waals surface area contributed by atoms with Crippen molar-refractivity contribution in [3.8, 4) is 0 Å². The summed E-state index contributed by atoms with van der Waals surface area (Å²) in [6.45, 7) is 5.73. The molecular weight excluding hydrogens is 152 g/mol. The van der Waals surface area contributed by atoms with Crippen LogP contribution in [0, 0.1) is 13.8 Å². The summed E-state index contributed by atoms with van der Waals surface area (Å²) in [5, 5.41) is 6.78. The number of aryl methyl sites for hydroxylation is 2. The predicted octanol–water partition coefficient (Wildman–Crippen LogP) is 2.01. The summed E-state index contributed by atoms with van der Waals surface area (Å²) in [4.78, 5) is 11.5. The monoisotopic (exact) mass is 166 g/mol. The van der Waals surface area contributed by atoms with Crippen molar-refractivity contribution in [2.45, 2.75) is 33.6 Å². The minimum atomic E-state index is 0.196. The van der Waals surface area contributed by atoms with Crippen LogP contribution in [0.25, 0.3) is 0 Å². The molecule has 0 bridgehead atoms. The van der Waals surface area contributed by atoms with Gasteiger partial charge in [0.25, 0.3) is 0 Å². The molecule has 0 aliphatic heterocycles. The topological polar surface area (TPSA) is 45.8 Å². The fourth-order valence-electron chi connectivity index (χ4n) is 1.31. The van der Waals surface area contributed by atoms with E-state index in [1.807, 2.05) is 20.8 Å². The molecule has 0 radical (unpaired) electrons. The number of aromatic amines is 1. The lowest BCUT2D eigenvalue weighted by molar-refractivity contribution is 0.0980. The van der Waals surface area contributed by atoms with Gasteiger partial charge in [0.15, 0.2) is 5.78 Å². The molecule has 1 heterocycles. The normalized spacial score (nSPS) is 10.2. The second-order valence-corrected chi connectivity index (χ2v) is 2.98. The van der Waals surface area contributed by atoms with Gasteiger partial charge in [-0.2, -0.15) is 5.10 Å². The number of nitrogens with one attached hydrogen (secondary N) is 1.